The maximum absolute atomic E-state index is 12.1. The number of thiophene rings is 1. The Kier molecular flexibility index (Phi) is 6.85. The van der Waals surface area contributed by atoms with Crippen LogP contribution in [0.25, 0.3) is 11.4 Å². The van der Waals surface area contributed by atoms with Gasteiger partial charge in [0.25, 0.3) is 0 Å². The molecular formula is C20H19N3O5S. The lowest BCUT2D eigenvalue weighted by Gasteiger charge is -2.06. The maximum Gasteiger partial charge on any atom is 0.306 e. The van der Waals surface area contributed by atoms with Crippen LogP contribution in [-0.2, 0) is 20.7 Å². The van der Waals surface area contributed by atoms with Crippen molar-refractivity contribution in [3.8, 4) is 11.4 Å². The fraction of sp³-hybridized carbons (Fsp3) is 0.250. The second-order valence-electron chi connectivity index (χ2n) is 6.09. The number of nitrogens with zero attached hydrogens (tertiary/aromatic N) is 2. The van der Waals surface area contributed by atoms with Crippen molar-refractivity contribution in [1.29, 1.82) is 0 Å². The number of carbonyl (C=O) groups excluding carboxylic acids is 3. The van der Waals surface area contributed by atoms with E-state index in [1.54, 1.807) is 31.2 Å². The van der Waals surface area contributed by atoms with E-state index in [0.717, 1.165) is 5.56 Å². The maximum atomic E-state index is 12.1. The molecule has 150 valence electrons. The number of carbonyl (C=O) groups is 3. The molecular weight excluding hydrogens is 394 g/mol. The Morgan fingerprint density at radius 2 is 1.97 bits per heavy atom. The molecule has 0 unspecified atom stereocenters. The lowest BCUT2D eigenvalue weighted by Crippen LogP contribution is -2.15. The van der Waals surface area contributed by atoms with Gasteiger partial charge in [-0.05, 0) is 35.7 Å². The highest BCUT2D eigenvalue weighted by Crippen LogP contribution is 2.19. The minimum atomic E-state index is -0.527. The molecule has 0 atom stereocenters. The lowest BCUT2D eigenvalue weighted by atomic mass is 10.1. The number of aryl methyl sites for hydroxylation is 1. The molecule has 29 heavy (non-hydrogen) atoms. The first-order chi connectivity index (χ1) is 14.0. The minimum Gasteiger partial charge on any atom is -0.457 e. The molecule has 0 aliphatic rings. The second kappa shape index (κ2) is 9.74. The summed E-state index contributed by atoms with van der Waals surface area (Å²) in [6.45, 7) is 1.39. The highest BCUT2D eigenvalue weighted by molar-refractivity contribution is 7.08. The zero-order valence-corrected chi connectivity index (χ0v) is 16.5. The van der Waals surface area contributed by atoms with Crippen LogP contribution in [0.5, 0.6) is 0 Å². The van der Waals surface area contributed by atoms with Crippen LogP contribution in [-0.4, -0.2) is 34.4 Å². The Morgan fingerprint density at radius 1 is 1.17 bits per heavy atom. The third-order valence-electron chi connectivity index (χ3n) is 3.97. The number of anilines is 1. The number of amides is 1. The third-order valence-corrected chi connectivity index (χ3v) is 4.65. The van der Waals surface area contributed by atoms with Crippen molar-refractivity contribution in [2.45, 2.75) is 26.2 Å². The smallest absolute Gasteiger partial charge is 0.306 e. The number of ether oxygens (including phenoxy) is 1. The van der Waals surface area contributed by atoms with Crippen LogP contribution in [0.3, 0.4) is 0 Å². The van der Waals surface area contributed by atoms with Crippen LogP contribution >= 0.6 is 11.3 Å². The Morgan fingerprint density at radius 3 is 2.66 bits per heavy atom. The van der Waals surface area contributed by atoms with E-state index in [9.17, 15) is 14.4 Å². The van der Waals surface area contributed by atoms with Crippen LogP contribution in [0.15, 0.2) is 45.6 Å². The normalized spacial score (nSPS) is 10.5. The van der Waals surface area contributed by atoms with Crippen LogP contribution < -0.4 is 5.32 Å². The zero-order valence-electron chi connectivity index (χ0n) is 15.7. The van der Waals surface area contributed by atoms with Gasteiger partial charge in [-0.3, -0.25) is 14.4 Å². The summed E-state index contributed by atoms with van der Waals surface area (Å²) in [6, 6.07) is 8.29. The Balaban J connectivity index is 1.43. The van der Waals surface area contributed by atoms with Gasteiger partial charge in [-0.25, -0.2) is 0 Å². The number of benzene rings is 1. The van der Waals surface area contributed by atoms with Gasteiger partial charge in [0.1, 0.15) is 0 Å². The Hall–Kier alpha value is -3.33. The quantitative estimate of drug-likeness (QED) is 0.422. The average molecular weight is 413 g/mol. The molecule has 0 aliphatic carbocycles. The van der Waals surface area contributed by atoms with Gasteiger partial charge in [0, 0.05) is 35.0 Å². The lowest BCUT2D eigenvalue weighted by molar-refractivity contribution is -0.142. The standard InChI is InChI=1S/C20H19N3O5S/c1-2-17(25)21-15-5-3-13(4-6-15)16(24)11-27-19(26)8-7-18-22-20(23-28-18)14-9-10-29-12-14/h3-6,9-10,12H,2,7-8,11H2,1H3,(H,21,25). The molecule has 1 aromatic carbocycles. The van der Waals surface area contributed by atoms with Gasteiger partial charge in [-0.2, -0.15) is 16.3 Å². The monoisotopic (exact) mass is 413 g/mol. The average Bonchev–Trinajstić information content (AvgIpc) is 3.42. The van der Waals surface area contributed by atoms with E-state index in [2.05, 4.69) is 15.5 Å². The molecule has 3 aromatic rings. The van der Waals surface area contributed by atoms with Crippen molar-refractivity contribution in [2.24, 2.45) is 0 Å². The highest BCUT2D eigenvalue weighted by Gasteiger charge is 2.14. The van der Waals surface area contributed by atoms with Crippen molar-refractivity contribution < 1.29 is 23.6 Å². The summed E-state index contributed by atoms with van der Waals surface area (Å²) in [5.74, 6) is -0.158. The van der Waals surface area contributed by atoms with E-state index in [0.29, 0.717) is 29.4 Å². The van der Waals surface area contributed by atoms with E-state index in [4.69, 9.17) is 9.26 Å². The van der Waals surface area contributed by atoms with Gasteiger partial charge >= 0.3 is 5.97 Å². The predicted molar refractivity (Wildman–Crippen MR) is 107 cm³/mol. The molecule has 0 bridgehead atoms. The molecule has 2 heterocycles. The number of hydrogen-bond donors (Lipinski definition) is 1. The first kappa shape index (κ1) is 20.4. The van der Waals surface area contributed by atoms with Gasteiger partial charge in [0.15, 0.2) is 12.4 Å². The topological polar surface area (TPSA) is 111 Å². The summed E-state index contributed by atoms with van der Waals surface area (Å²) >= 11 is 1.53. The van der Waals surface area contributed by atoms with Gasteiger partial charge in [-0.15, -0.1) is 0 Å². The molecule has 0 fully saturated rings. The zero-order chi connectivity index (χ0) is 20.6. The Bertz CT molecular complexity index is 980. The van der Waals surface area contributed by atoms with Crippen molar-refractivity contribution in [3.63, 3.8) is 0 Å². The third kappa shape index (κ3) is 5.82. The summed E-state index contributed by atoms with van der Waals surface area (Å²) < 4.78 is 10.1. The molecule has 0 aliphatic heterocycles. The number of hydrogen-bond acceptors (Lipinski definition) is 8. The van der Waals surface area contributed by atoms with E-state index in [1.807, 2.05) is 16.8 Å². The molecule has 0 saturated carbocycles. The molecule has 9 heteroatoms. The number of esters is 1. The summed E-state index contributed by atoms with van der Waals surface area (Å²) in [7, 11) is 0. The summed E-state index contributed by atoms with van der Waals surface area (Å²) in [4.78, 5) is 39.6. The first-order valence-corrected chi connectivity index (χ1v) is 9.93. The molecule has 0 radical (unpaired) electrons. The molecule has 3 rings (SSSR count). The van der Waals surface area contributed by atoms with Crippen molar-refractivity contribution in [1.82, 2.24) is 10.1 Å². The first-order valence-electron chi connectivity index (χ1n) is 8.99. The number of rotatable bonds is 9. The highest BCUT2D eigenvalue weighted by atomic mass is 32.1. The molecule has 0 saturated heterocycles. The van der Waals surface area contributed by atoms with Crippen LogP contribution in [0.2, 0.25) is 0 Å². The largest absolute Gasteiger partial charge is 0.457 e. The van der Waals surface area contributed by atoms with Crippen LogP contribution in [0.1, 0.15) is 36.0 Å². The molecule has 0 spiro atoms. The van der Waals surface area contributed by atoms with E-state index < -0.39 is 5.97 Å². The van der Waals surface area contributed by atoms with Crippen molar-refractivity contribution in [2.75, 3.05) is 11.9 Å². The van der Waals surface area contributed by atoms with E-state index in [-0.39, 0.29) is 31.1 Å². The van der Waals surface area contributed by atoms with Crippen LogP contribution in [0, 0.1) is 0 Å². The number of aromatic nitrogens is 2. The van der Waals surface area contributed by atoms with Crippen molar-refractivity contribution in [3.05, 3.63) is 52.5 Å². The molecule has 2 aromatic heterocycles. The number of Topliss-reactive ketones (excluding diaryl/α,β-unsaturated/α-hetero) is 1. The Labute approximate surface area is 170 Å². The molecule has 1 amide bonds. The second-order valence-corrected chi connectivity index (χ2v) is 6.87. The fourth-order valence-electron chi connectivity index (χ4n) is 2.36. The van der Waals surface area contributed by atoms with Gasteiger partial charge in [0.2, 0.25) is 17.6 Å². The summed E-state index contributed by atoms with van der Waals surface area (Å²) in [5.41, 5.74) is 1.86. The minimum absolute atomic E-state index is 0.0283. The van der Waals surface area contributed by atoms with Gasteiger partial charge < -0.3 is 14.6 Å². The van der Waals surface area contributed by atoms with Gasteiger partial charge in [0.05, 0.1) is 6.42 Å². The van der Waals surface area contributed by atoms with E-state index in [1.165, 1.54) is 11.3 Å². The summed E-state index contributed by atoms with van der Waals surface area (Å²) in [5, 5.41) is 10.4. The molecule has 1 N–H and O–H groups in total. The molecule has 8 nitrogen and oxygen atoms in total. The predicted octanol–water partition coefficient (Wildman–Crippen LogP) is 3.51. The van der Waals surface area contributed by atoms with E-state index >= 15 is 0 Å². The number of ketones is 1. The summed E-state index contributed by atoms with van der Waals surface area (Å²) in [6.07, 6.45) is 0.631. The van der Waals surface area contributed by atoms with Crippen LogP contribution in [0.4, 0.5) is 5.69 Å². The number of nitrogens with one attached hydrogen (secondary N) is 1. The van der Waals surface area contributed by atoms with Gasteiger partial charge in [-0.1, -0.05) is 12.1 Å². The SMILES string of the molecule is CCC(=O)Nc1ccc(C(=O)COC(=O)CCc2nc(-c3ccsc3)no2)cc1. The van der Waals surface area contributed by atoms with Crippen molar-refractivity contribution >= 4 is 34.7 Å². The fourth-order valence-corrected chi connectivity index (χ4v) is 3.00.